The normalized spacial score (nSPS) is 11.4. The highest BCUT2D eigenvalue weighted by Gasteiger charge is 2.18. The van der Waals surface area contributed by atoms with E-state index >= 15 is 0 Å². The van der Waals surface area contributed by atoms with Crippen LogP contribution in [0.3, 0.4) is 0 Å². The first-order valence-corrected chi connectivity index (χ1v) is 10.5. The third-order valence-electron chi connectivity index (χ3n) is 5.34. The van der Waals surface area contributed by atoms with E-state index in [1.807, 2.05) is 54.6 Å². The van der Waals surface area contributed by atoms with E-state index in [1.165, 1.54) is 5.56 Å². The number of anilines is 1. The zero-order chi connectivity index (χ0) is 22.2. The number of aliphatic imine (C=N–C) groups is 1. The van der Waals surface area contributed by atoms with Gasteiger partial charge in [0, 0.05) is 24.2 Å². The molecule has 0 aliphatic carbocycles. The van der Waals surface area contributed by atoms with Crippen LogP contribution in [0.5, 0.6) is 5.75 Å². The second kappa shape index (κ2) is 10.7. The molecule has 5 heteroatoms. The fourth-order valence-corrected chi connectivity index (χ4v) is 3.79. The Hall–Kier alpha value is -3.29. The molecule has 0 heterocycles. The van der Waals surface area contributed by atoms with E-state index in [0.717, 1.165) is 39.8 Å². The van der Waals surface area contributed by atoms with E-state index < -0.39 is 0 Å². The maximum Gasteiger partial charge on any atom is 0.121 e. The third-order valence-corrected chi connectivity index (χ3v) is 5.71. The van der Waals surface area contributed by atoms with E-state index in [1.54, 1.807) is 7.11 Å². The van der Waals surface area contributed by atoms with Crippen molar-refractivity contribution in [3.05, 3.63) is 88.4 Å². The van der Waals surface area contributed by atoms with Crippen molar-refractivity contribution < 1.29 is 4.74 Å². The lowest BCUT2D eigenvalue weighted by molar-refractivity contribution is 0.415. The fourth-order valence-electron chi connectivity index (χ4n) is 3.60. The van der Waals surface area contributed by atoms with Crippen LogP contribution in [0.2, 0.25) is 5.02 Å². The van der Waals surface area contributed by atoms with Crippen molar-refractivity contribution in [2.75, 3.05) is 18.6 Å². The van der Waals surface area contributed by atoms with E-state index in [2.05, 4.69) is 41.7 Å². The van der Waals surface area contributed by atoms with Crippen molar-refractivity contribution >= 4 is 29.7 Å². The van der Waals surface area contributed by atoms with Crippen molar-refractivity contribution in [2.45, 2.75) is 25.8 Å². The Bertz CT molecular complexity index is 1070. The Morgan fingerprint density at radius 3 is 2.52 bits per heavy atom. The number of benzene rings is 3. The molecule has 3 rings (SSSR count). The number of hydrogen-bond acceptors (Lipinski definition) is 4. The minimum absolute atomic E-state index is 0.249. The van der Waals surface area contributed by atoms with Crippen LogP contribution in [0.25, 0.3) is 0 Å². The predicted molar refractivity (Wildman–Crippen MR) is 129 cm³/mol. The zero-order valence-corrected chi connectivity index (χ0v) is 18.6. The molecule has 0 N–H and O–H groups in total. The molecule has 158 valence electrons. The fraction of sp³-hybridized carbons (Fsp3) is 0.231. The highest BCUT2D eigenvalue weighted by molar-refractivity contribution is 6.31. The zero-order valence-electron chi connectivity index (χ0n) is 17.9. The monoisotopic (exact) mass is 431 g/mol. The highest BCUT2D eigenvalue weighted by atomic mass is 35.5. The van der Waals surface area contributed by atoms with Gasteiger partial charge >= 0.3 is 0 Å². The summed E-state index contributed by atoms with van der Waals surface area (Å²) in [6, 6.07) is 24.2. The van der Waals surface area contributed by atoms with Gasteiger partial charge in [0.25, 0.3) is 0 Å². The molecule has 31 heavy (non-hydrogen) atoms. The van der Waals surface area contributed by atoms with Crippen molar-refractivity contribution in [1.82, 2.24) is 0 Å². The Morgan fingerprint density at radius 2 is 1.87 bits per heavy atom. The number of hydrogen-bond donors (Lipinski definition) is 0. The first-order chi connectivity index (χ1) is 15.0. The van der Waals surface area contributed by atoms with Gasteiger partial charge in [-0.15, -0.1) is 0 Å². The Kier molecular flexibility index (Phi) is 7.70. The van der Waals surface area contributed by atoms with Gasteiger partial charge in [-0.2, -0.15) is 5.26 Å². The largest absolute Gasteiger partial charge is 0.497 e. The van der Waals surface area contributed by atoms with Gasteiger partial charge in [0.15, 0.2) is 0 Å². The van der Waals surface area contributed by atoms with E-state index in [-0.39, 0.29) is 5.92 Å². The van der Waals surface area contributed by atoms with Gasteiger partial charge in [0.1, 0.15) is 5.75 Å². The average Bonchev–Trinajstić information content (AvgIpc) is 2.80. The summed E-state index contributed by atoms with van der Waals surface area (Å²) in [5.41, 5.74) is 5.03. The first kappa shape index (κ1) is 22.4. The summed E-state index contributed by atoms with van der Waals surface area (Å²) in [6.45, 7) is 7.36. The minimum atomic E-state index is 0.249. The van der Waals surface area contributed by atoms with Crippen molar-refractivity contribution in [2.24, 2.45) is 4.99 Å². The number of ether oxygens (including phenoxy) is 1. The molecule has 0 bridgehead atoms. The molecule has 3 aromatic rings. The van der Waals surface area contributed by atoms with Gasteiger partial charge in [-0.3, -0.25) is 4.99 Å². The standard InChI is InChI=1S/C26H26ClN3O/c1-19(21-10-8-20(9-11-21)14-15-28)17-30(18-22-6-4-5-7-24(22)27)26-13-12-23(31-3)16-25(26)29-2/h4-13,16,19H,2,14,17-18H2,1,3H3. The Labute approximate surface area is 189 Å². The number of methoxy groups -OCH3 is 1. The topological polar surface area (TPSA) is 48.6 Å². The molecule has 0 saturated heterocycles. The maximum absolute atomic E-state index is 8.90. The smallest absolute Gasteiger partial charge is 0.121 e. The molecular formula is C26H26ClN3O. The summed E-state index contributed by atoms with van der Waals surface area (Å²) >= 11 is 6.47. The van der Waals surface area contributed by atoms with Crippen molar-refractivity contribution in [3.63, 3.8) is 0 Å². The Morgan fingerprint density at radius 1 is 1.13 bits per heavy atom. The first-order valence-electron chi connectivity index (χ1n) is 10.1. The quantitative estimate of drug-likeness (QED) is 0.360. The van der Waals surface area contributed by atoms with Crippen LogP contribution in [0, 0.1) is 11.3 Å². The van der Waals surface area contributed by atoms with E-state index in [4.69, 9.17) is 21.6 Å². The summed E-state index contributed by atoms with van der Waals surface area (Å²) in [7, 11) is 1.64. The molecule has 0 aliphatic rings. The van der Waals surface area contributed by atoms with Crippen LogP contribution < -0.4 is 9.64 Å². The van der Waals surface area contributed by atoms with Gasteiger partial charge in [-0.05, 0) is 47.5 Å². The molecular weight excluding hydrogens is 406 g/mol. The van der Waals surface area contributed by atoms with E-state index in [9.17, 15) is 0 Å². The van der Waals surface area contributed by atoms with Crippen LogP contribution in [0.15, 0.2) is 71.7 Å². The number of rotatable bonds is 9. The summed E-state index contributed by atoms with van der Waals surface area (Å²) in [5, 5.41) is 9.64. The van der Waals surface area contributed by atoms with Gasteiger partial charge in [-0.25, -0.2) is 0 Å². The van der Waals surface area contributed by atoms with Gasteiger partial charge in [0.05, 0.1) is 31.0 Å². The average molecular weight is 432 g/mol. The lowest BCUT2D eigenvalue weighted by atomic mass is 9.98. The van der Waals surface area contributed by atoms with Crippen molar-refractivity contribution in [1.29, 1.82) is 5.26 Å². The number of nitriles is 1. The van der Waals surface area contributed by atoms with Crippen LogP contribution >= 0.6 is 11.6 Å². The summed E-state index contributed by atoms with van der Waals surface area (Å²) < 4.78 is 5.36. The lowest BCUT2D eigenvalue weighted by Gasteiger charge is -2.30. The third kappa shape index (κ3) is 5.65. The molecule has 0 radical (unpaired) electrons. The molecule has 1 unspecified atom stereocenters. The van der Waals surface area contributed by atoms with Crippen LogP contribution in [-0.4, -0.2) is 20.4 Å². The summed E-state index contributed by atoms with van der Waals surface area (Å²) in [4.78, 5) is 6.52. The van der Waals surface area contributed by atoms with Gasteiger partial charge < -0.3 is 9.64 Å². The van der Waals surface area contributed by atoms with Gasteiger partial charge in [0.2, 0.25) is 0 Å². The summed E-state index contributed by atoms with van der Waals surface area (Å²) in [6.07, 6.45) is 0.424. The van der Waals surface area contributed by atoms with Crippen LogP contribution in [0.4, 0.5) is 11.4 Å². The van der Waals surface area contributed by atoms with Gasteiger partial charge in [-0.1, -0.05) is 61.0 Å². The number of halogens is 1. The van der Waals surface area contributed by atoms with Crippen molar-refractivity contribution in [3.8, 4) is 11.8 Å². The van der Waals surface area contributed by atoms with Crippen LogP contribution in [-0.2, 0) is 13.0 Å². The van der Waals surface area contributed by atoms with E-state index in [0.29, 0.717) is 13.0 Å². The molecule has 4 nitrogen and oxygen atoms in total. The molecule has 0 spiro atoms. The molecule has 0 saturated carbocycles. The lowest BCUT2D eigenvalue weighted by Crippen LogP contribution is -2.27. The molecule has 0 fully saturated rings. The molecule has 3 aromatic carbocycles. The predicted octanol–water partition coefficient (Wildman–Crippen LogP) is 6.56. The van der Waals surface area contributed by atoms with Crippen LogP contribution in [0.1, 0.15) is 29.5 Å². The molecule has 0 aromatic heterocycles. The SMILES string of the molecule is C=Nc1cc(OC)ccc1N(Cc1ccccc1Cl)CC(C)c1ccc(CC#N)cc1. The summed E-state index contributed by atoms with van der Waals surface area (Å²) in [5.74, 6) is 0.989. The number of nitrogens with zero attached hydrogens (tertiary/aromatic N) is 3. The highest BCUT2D eigenvalue weighted by Crippen LogP contribution is 2.35. The minimum Gasteiger partial charge on any atom is -0.497 e. The second-order valence-corrected chi connectivity index (χ2v) is 7.87. The maximum atomic E-state index is 8.90. The molecule has 0 aliphatic heterocycles. The second-order valence-electron chi connectivity index (χ2n) is 7.46. The Balaban J connectivity index is 1.93. The molecule has 1 atom stereocenters. The molecule has 0 amide bonds.